The zero-order valence-corrected chi connectivity index (χ0v) is 12.6. The first-order valence-corrected chi connectivity index (χ1v) is 7.30. The van der Waals surface area contributed by atoms with Crippen molar-refractivity contribution in [1.82, 2.24) is 14.6 Å². The van der Waals surface area contributed by atoms with Gasteiger partial charge in [0.05, 0.1) is 6.20 Å². The highest BCUT2D eigenvalue weighted by Crippen LogP contribution is 2.32. The van der Waals surface area contributed by atoms with E-state index in [1.165, 1.54) is 10.7 Å². The number of fused-ring (bicyclic) bond motifs is 2. The van der Waals surface area contributed by atoms with Crippen molar-refractivity contribution in [3.05, 3.63) is 47.4 Å². The van der Waals surface area contributed by atoms with E-state index in [9.17, 15) is 4.79 Å². The first kappa shape index (κ1) is 13.8. The third kappa shape index (κ3) is 2.66. The SMILES string of the molecule is O=C(Nc1ccc2c(c1)OCCO2)c1cn2nc(Cl)ccc2n1. The standard InChI is InChI=1S/C15H11ClN4O3/c16-13-3-4-14-18-10(8-20(14)19-13)15(21)17-9-1-2-11-12(7-9)23-6-5-22-11/h1-4,7-8H,5-6H2,(H,17,21). The molecule has 0 atom stereocenters. The van der Waals surface area contributed by atoms with E-state index < -0.39 is 0 Å². The number of carbonyl (C=O) groups is 1. The molecule has 7 nitrogen and oxygen atoms in total. The normalized spacial score (nSPS) is 13.1. The van der Waals surface area contributed by atoms with Gasteiger partial charge in [-0.15, -0.1) is 0 Å². The summed E-state index contributed by atoms with van der Waals surface area (Å²) in [5.41, 5.74) is 1.39. The van der Waals surface area contributed by atoms with Crippen LogP contribution in [0.5, 0.6) is 11.5 Å². The average molecular weight is 331 g/mol. The lowest BCUT2D eigenvalue weighted by molar-refractivity contribution is 0.102. The van der Waals surface area contributed by atoms with Crippen molar-refractivity contribution in [3.8, 4) is 11.5 Å². The molecular weight excluding hydrogens is 320 g/mol. The molecule has 2 aromatic heterocycles. The Kier molecular flexibility index (Phi) is 3.27. The number of nitrogens with one attached hydrogen (secondary N) is 1. The molecule has 23 heavy (non-hydrogen) atoms. The van der Waals surface area contributed by atoms with Crippen LogP contribution in [0.4, 0.5) is 5.69 Å². The van der Waals surface area contributed by atoms with Crippen molar-refractivity contribution in [2.75, 3.05) is 18.5 Å². The van der Waals surface area contributed by atoms with E-state index in [0.29, 0.717) is 41.2 Å². The van der Waals surface area contributed by atoms with E-state index >= 15 is 0 Å². The highest BCUT2D eigenvalue weighted by atomic mass is 35.5. The number of carbonyl (C=O) groups excluding carboxylic acids is 1. The Hall–Kier alpha value is -2.80. The maximum Gasteiger partial charge on any atom is 0.275 e. The van der Waals surface area contributed by atoms with Crippen LogP contribution in [0.25, 0.3) is 5.65 Å². The number of rotatable bonds is 2. The number of benzene rings is 1. The van der Waals surface area contributed by atoms with E-state index in [1.807, 2.05) is 0 Å². The minimum Gasteiger partial charge on any atom is -0.486 e. The summed E-state index contributed by atoms with van der Waals surface area (Å²) in [4.78, 5) is 16.5. The molecule has 0 unspecified atom stereocenters. The van der Waals surface area contributed by atoms with E-state index in [-0.39, 0.29) is 11.6 Å². The van der Waals surface area contributed by atoms with Crippen LogP contribution in [0.1, 0.15) is 10.5 Å². The Morgan fingerprint density at radius 3 is 2.87 bits per heavy atom. The zero-order valence-electron chi connectivity index (χ0n) is 11.8. The van der Waals surface area contributed by atoms with Crippen LogP contribution >= 0.6 is 11.6 Å². The summed E-state index contributed by atoms with van der Waals surface area (Å²) in [6.45, 7) is 1.01. The van der Waals surface area contributed by atoms with Gasteiger partial charge >= 0.3 is 0 Å². The fourth-order valence-corrected chi connectivity index (χ4v) is 2.43. The molecule has 3 aromatic rings. The lowest BCUT2D eigenvalue weighted by atomic mass is 10.2. The fraction of sp³-hybridized carbons (Fsp3) is 0.133. The highest BCUT2D eigenvalue weighted by molar-refractivity contribution is 6.29. The van der Waals surface area contributed by atoms with E-state index in [1.54, 1.807) is 30.3 Å². The van der Waals surface area contributed by atoms with Crippen molar-refractivity contribution in [1.29, 1.82) is 0 Å². The van der Waals surface area contributed by atoms with Gasteiger partial charge in [-0.25, -0.2) is 9.50 Å². The second-order valence-corrected chi connectivity index (χ2v) is 5.28. The molecule has 0 saturated heterocycles. The summed E-state index contributed by atoms with van der Waals surface area (Å²) in [5, 5.41) is 7.15. The van der Waals surface area contributed by atoms with Crippen LogP contribution in [0, 0.1) is 0 Å². The summed E-state index contributed by atoms with van der Waals surface area (Å²) in [7, 11) is 0. The second-order valence-electron chi connectivity index (χ2n) is 4.90. The molecule has 1 N–H and O–H groups in total. The van der Waals surface area contributed by atoms with Gasteiger partial charge in [0.1, 0.15) is 24.1 Å². The summed E-state index contributed by atoms with van der Waals surface area (Å²) < 4.78 is 12.4. The Bertz CT molecular complexity index is 909. The number of ether oxygens (including phenoxy) is 2. The van der Waals surface area contributed by atoms with Crippen molar-refractivity contribution in [3.63, 3.8) is 0 Å². The van der Waals surface area contributed by atoms with Gasteiger partial charge in [-0.2, -0.15) is 5.10 Å². The molecule has 1 aromatic carbocycles. The lowest BCUT2D eigenvalue weighted by Crippen LogP contribution is -2.16. The summed E-state index contributed by atoms with van der Waals surface area (Å²) in [6, 6.07) is 8.53. The fourth-order valence-electron chi connectivity index (χ4n) is 2.28. The number of nitrogens with zero attached hydrogens (tertiary/aromatic N) is 3. The highest BCUT2D eigenvalue weighted by Gasteiger charge is 2.15. The minimum absolute atomic E-state index is 0.245. The number of hydrogen-bond donors (Lipinski definition) is 1. The van der Waals surface area contributed by atoms with Crippen molar-refractivity contribution in [2.45, 2.75) is 0 Å². The molecule has 0 bridgehead atoms. The topological polar surface area (TPSA) is 77.8 Å². The van der Waals surface area contributed by atoms with Crippen LogP contribution in [0.15, 0.2) is 36.5 Å². The van der Waals surface area contributed by atoms with Gasteiger partial charge in [0, 0.05) is 11.8 Å². The predicted molar refractivity (Wildman–Crippen MR) is 83.4 cm³/mol. The van der Waals surface area contributed by atoms with Gasteiger partial charge in [-0.1, -0.05) is 11.6 Å². The summed E-state index contributed by atoms with van der Waals surface area (Å²) >= 11 is 5.82. The van der Waals surface area contributed by atoms with Gasteiger partial charge in [-0.05, 0) is 24.3 Å². The molecule has 8 heteroatoms. The smallest absolute Gasteiger partial charge is 0.275 e. The molecule has 116 valence electrons. The van der Waals surface area contributed by atoms with Gasteiger partial charge < -0.3 is 14.8 Å². The number of hydrogen-bond acceptors (Lipinski definition) is 5. The van der Waals surface area contributed by atoms with Crippen molar-refractivity contribution >= 4 is 28.8 Å². The first-order chi connectivity index (χ1) is 11.2. The van der Waals surface area contributed by atoms with Crippen LogP contribution in [0.3, 0.4) is 0 Å². The molecule has 1 aliphatic rings. The van der Waals surface area contributed by atoms with E-state index in [0.717, 1.165) is 0 Å². The molecule has 0 spiro atoms. The number of imidazole rings is 1. The minimum atomic E-state index is -0.344. The van der Waals surface area contributed by atoms with E-state index in [4.69, 9.17) is 21.1 Å². The van der Waals surface area contributed by atoms with Crippen molar-refractivity contribution in [2.24, 2.45) is 0 Å². The molecular formula is C15H11ClN4O3. The van der Waals surface area contributed by atoms with Crippen LogP contribution in [-0.2, 0) is 0 Å². The van der Waals surface area contributed by atoms with E-state index in [2.05, 4.69) is 15.4 Å². The Balaban J connectivity index is 1.59. The molecule has 3 heterocycles. The van der Waals surface area contributed by atoms with Crippen molar-refractivity contribution < 1.29 is 14.3 Å². The largest absolute Gasteiger partial charge is 0.486 e. The molecule has 4 rings (SSSR count). The summed E-state index contributed by atoms with van der Waals surface area (Å²) in [5.74, 6) is 0.932. The van der Waals surface area contributed by atoms with Gasteiger partial charge in [0.25, 0.3) is 5.91 Å². The maximum absolute atomic E-state index is 12.3. The van der Waals surface area contributed by atoms with Crippen LogP contribution in [-0.4, -0.2) is 33.7 Å². The van der Waals surface area contributed by atoms with Crippen LogP contribution < -0.4 is 14.8 Å². The third-order valence-corrected chi connectivity index (χ3v) is 3.52. The molecule has 1 amide bonds. The number of aromatic nitrogens is 3. The number of anilines is 1. The van der Waals surface area contributed by atoms with Gasteiger partial charge in [0.15, 0.2) is 17.1 Å². The van der Waals surface area contributed by atoms with Gasteiger partial charge in [-0.3, -0.25) is 4.79 Å². The Morgan fingerprint density at radius 1 is 1.17 bits per heavy atom. The quantitative estimate of drug-likeness (QED) is 0.780. The molecule has 0 aliphatic carbocycles. The van der Waals surface area contributed by atoms with Gasteiger partial charge in [0.2, 0.25) is 0 Å². The number of halogens is 1. The summed E-state index contributed by atoms with van der Waals surface area (Å²) in [6.07, 6.45) is 1.52. The molecule has 0 fully saturated rings. The van der Waals surface area contributed by atoms with Crippen LogP contribution in [0.2, 0.25) is 5.15 Å². The Labute approximate surface area is 135 Å². The molecule has 1 aliphatic heterocycles. The lowest BCUT2D eigenvalue weighted by Gasteiger charge is -2.18. The third-order valence-electron chi connectivity index (χ3n) is 3.32. The molecule has 0 saturated carbocycles. The monoisotopic (exact) mass is 330 g/mol. The molecule has 0 radical (unpaired) electrons. The predicted octanol–water partition coefficient (Wildman–Crippen LogP) is 2.41. The Morgan fingerprint density at radius 2 is 2.00 bits per heavy atom. The first-order valence-electron chi connectivity index (χ1n) is 6.92. The zero-order chi connectivity index (χ0) is 15.8. The second kappa shape index (κ2) is 5.44. The number of amides is 1. The maximum atomic E-state index is 12.3. The average Bonchev–Trinajstić information content (AvgIpc) is 2.98.